The van der Waals surface area contributed by atoms with Crippen LogP contribution in [0.3, 0.4) is 0 Å². The van der Waals surface area contributed by atoms with Crippen molar-refractivity contribution in [3.63, 3.8) is 0 Å². The molecule has 3 aromatic heterocycles. The summed E-state index contributed by atoms with van der Waals surface area (Å²) in [5.74, 6) is 0. The minimum absolute atomic E-state index is 0.488. The zero-order chi connectivity index (χ0) is 19.1. The van der Waals surface area contributed by atoms with E-state index in [9.17, 15) is 0 Å². The lowest BCUT2D eigenvalue weighted by molar-refractivity contribution is -0.0566. The van der Waals surface area contributed by atoms with Crippen molar-refractivity contribution < 1.29 is 4.74 Å². The van der Waals surface area contributed by atoms with Crippen LogP contribution in [-0.2, 0) is 11.8 Å². The summed E-state index contributed by atoms with van der Waals surface area (Å²) in [6, 6.07) is 2.07. The fourth-order valence-electron chi connectivity index (χ4n) is 3.94. The van der Waals surface area contributed by atoms with Gasteiger partial charge in [-0.3, -0.25) is 9.58 Å². The second-order valence-electron chi connectivity index (χ2n) is 7.72. The number of aromatic amines is 1. The predicted octanol–water partition coefficient (Wildman–Crippen LogP) is 3.27. The number of rotatable bonds is 5. The molecule has 5 rings (SSSR count). The Bertz CT molecular complexity index is 970. The molecule has 2 fully saturated rings. The second-order valence-corrected chi connectivity index (χ2v) is 8.10. The van der Waals surface area contributed by atoms with Crippen molar-refractivity contribution in [3.8, 4) is 11.3 Å². The summed E-state index contributed by atoms with van der Waals surface area (Å²) in [5.41, 5.74) is 3.80. The predicted molar refractivity (Wildman–Crippen MR) is 111 cm³/mol. The summed E-state index contributed by atoms with van der Waals surface area (Å²) in [6.45, 7) is 4.65. The number of hydrogen-bond donors (Lipinski definition) is 1. The number of halogens is 1. The maximum atomic E-state index is 6.80. The third kappa shape index (κ3) is 3.27. The number of anilines is 1. The first-order valence-electron chi connectivity index (χ1n) is 9.93. The topological polar surface area (TPSA) is 62.2 Å². The van der Waals surface area contributed by atoms with E-state index < -0.39 is 0 Å². The van der Waals surface area contributed by atoms with Crippen LogP contribution in [0.25, 0.3) is 22.3 Å². The highest BCUT2D eigenvalue weighted by Gasteiger charge is 2.24. The highest BCUT2D eigenvalue weighted by atomic mass is 35.5. The molecule has 2 aliphatic rings. The Morgan fingerprint density at radius 2 is 2.07 bits per heavy atom. The zero-order valence-electron chi connectivity index (χ0n) is 16.1. The molecule has 0 bridgehead atoms. The quantitative estimate of drug-likeness (QED) is 0.712. The zero-order valence-corrected chi connectivity index (χ0v) is 16.8. The summed E-state index contributed by atoms with van der Waals surface area (Å²) in [5, 5.41) is 5.95. The van der Waals surface area contributed by atoms with Crippen LogP contribution in [-0.4, -0.2) is 63.7 Å². The molecule has 8 heteroatoms. The Balaban J connectivity index is 1.35. The Morgan fingerprint density at radius 3 is 2.75 bits per heavy atom. The monoisotopic (exact) mass is 400 g/mol. The number of aromatic nitrogens is 4. The molecule has 1 saturated heterocycles. The van der Waals surface area contributed by atoms with Gasteiger partial charge in [-0.2, -0.15) is 5.10 Å². The van der Waals surface area contributed by atoms with Gasteiger partial charge in [0.15, 0.2) is 0 Å². The largest absolute Gasteiger partial charge is 0.368 e. The third-order valence-electron chi connectivity index (χ3n) is 5.86. The van der Waals surface area contributed by atoms with E-state index in [-0.39, 0.29) is 0 Å². The number of pyridine rings is 1. The van der Waals surface area contributed by atoms with E-state index >= 15 is 0 Å². The van der Waals surface area contributed by atoms with Gasteiger partial charge < -0.3 is 14.6 Å². The lowest BCUT2D eigenvalue weighted by Crippen LogP contribution is -2.47. The molecule has 1 aliphatic carbocycles. The Kier molecular flexibility index (Phi) is 4.74. The summed E-state index contributed by atoms with van der Waals surface area (Å²) >= 11 is 6.80. The normalized spacial score (nSPS) is 18.7. The second kappa shape index (κ2) is 7.39. The molecule has 1 aliphatic heterocycles. The van der Waals surface area contributed by atoms with Gasteiger partial charge in [-0.25, -0.2) is 4.98 Å². The summed E-state index contributed by atoms with van der Waals surface area (Å²) in [4.78, 5) is 12.7. The summed E-state index contributed by atoms with van der Waals surface area (Å²) in [7, 11) is 1.90. The van der Waals surface area contributed by atoms with Gasteiger partial charge >= 0.3 is 0 Å². The van der Waals surface area contributed by atoms with Gasteiger partial charge in [0.05, 0.1) is 40.8 Å². The molecule has 0 radical (unpaired) electrons. The minimum Gasteiger partial charge on any atom is -0.368 e. The van der Waals surface area contributed by atoms with E-state index in [0.29, 0.717) is 11.1 Å². The first-order valence-corrected chi connectivity index (χ1v) is 10.3. The average molecular weight is 401 g/mol. The van der Waals surface area contributed by atoms with Crippen LogP contribution >= 0.6 is 11.6 Å². The van der Waals surface area contributed by atoms with Gasteiger partial charge in [-0.1, -0.05) is 11.6 Å². The van der Waals surface area contributed by atoms with Gasteiger partial charge in [0.25, 0.3) is 0 Å². The van der Waals surface area contributed by atoms with Crippen LogP contribution in [0.15, 0.2) is 24.7 Å². The summed E-state index contributed by atoms with van der Waals surface area (Å²) in [6.07, 6.45) is 9.87. The van der Waals surface area contributed by atoms with Crippen LogP contribution in [0.1, 0.15) is 19.3 Å². The molecule has 28 heavy (non-hydrogen) atoms. The van der Waals surface area contributed by atoms with Gasteiger partial charge in [0.2, 0.25) is 0 Å². The molecule has 0 atom stereocenters. The van der Waals surface area contributed by atoms with E-state index in [1.54, 1.807) is 4.68 Å². The number of nitrogens with one attached hydrogen (secondary N) is 1. The molecule has 0 amide bonds. The number of nitrogens with zero attached hydrogens (tertiary/aromatic N) is 5. The minimum atomic E-state index is 0.488. The molecule has 7 nitrogen and oxygen atoms in total. The molecule has 1 N–H and O–H groups in total. The van der Waals surface area contributed by atoms with Crippen LogP contribution < -0.4 is 4.90 Å². The van der Waals surface area contributed by atoms with Gasteiger partial charge in [-0.05, 0) is 25.3 Å². The van der Waals surface area contributed by atoms with Crippen LogP contribution in [0.4, 0.5) is 5.69 Å². The maximum Gasteiger partial charge on any atom is 0.141 e. The standard InChI is InChI=1S/C20H25ClN6O/c1-25-12-14(11-23-25)19-18(21)17-16(5-6-22-20(17)24-19)27-9-7-26(8-10-27)13-28-15-3-2-4-15/h5-6,11-12,15H,2-4,7-10,13H2,1H3,(H,22,24). The number of aryl methyl sites for hydroxylation is 1. The van der Waals surface area contributed by atoms with Gasteiger partial charge in [0, 0.05) is 51.2 Å². The number of fused-ring (bicyclic) bond motifs is 1. The fourth-order valence-corrected chi connectivity index (χ4v) is 4.28. The highest BCUT2D eigenvalue weighted by Crippen LogP contribution is 2.39. The molecular weight excluding hydrogens is 376 g/mol. The fraction of sp³-hybridized carbons (Fsp3) is 0.500. The van der Waals surface area contributed by atoms with Crippen molar-refractivity contribution in [2.24, 2.45) is 7.05 Å². The highest BCUT2D eigenvalue weighted by molar-refractivity contribution is 6.39. The molecule has 1 saturated carbocycles. The first kappa shape index (κ1) is 18.0. The molecule has 3 aromatic rings. The molecule has 4 heterocycles. The average Bonchev–Trinajstić information content (AvgIpc) is 3.24. The van der Waals surface area contributed by atoms with Crippen molar-refractivity contribution in [2.45, 2.75) is 25.4 Å². The van der Waals surface area contributed by atoms with Crippen molar-refractivity contribution in [1.29, 1.82) is 0 Å². The van der Waals surface area contributed by atoms with E-state index in [1.165, 1.54) is 19.3 Å². The van der Waals surface area contributed by atoms with E-state index in [4.69, 9.17) is 16.3 Å². The number of ether oxygens (including phenoxy) is 1. The number of H-pyrrole nitrogens is 1. The Hall–Kier alpha value is -2.09. The smallest absolute Gasteiger partial charge is 0.141 e. The van der Waals surface area contributed by atoms with Crippen molar-refractivity contribution >= 4 is 28.3 Å². The maximum absolute atomic E-state index is 6.80. The van der Waals surface area contributed by atoms with Gasteiger partial charge in [-0.15, -0.1) is 0 Å². The van der Waals surface area contributed by atoms with Crippen molar-refractivity contribution in [1.82, 2.24) is 24.6 Å². The molecule has 0 aromatic carbocycles. The summed E-state index contributed by atoms with van der Waals surface area (Å²) < 4.78 is 7.74. The number of hydrogen-bond acceptors (Lipinski definition) is 5. The van der Waals surface area contributed by atoms with Crippen molar-refractivity contribution in [2.75, 3.05) is 37.8 Å². The Labute approximate surface area is 169 Å². The first-order chi connectivity index (χ1) is 13.7. The van der Waals surface area contributed by atoms with Crippen molar-refractivity contribution in [3.05, 3.63) is 29.7 Å². The number of piperazine rings is 1. The van der Waals surface area contributed by atoms with Crippen LogP contribution in [0.2, 0.25) is 5.02 Å². The molecule has 0 spiro atoms. The van der Waals surface area contributed by atoms with E-state index in [1.807, 2.05) is 25.6 Å². The third-order valence-corrected chi connectivity index (χ3v) is 6.24. The Morgan fingerprint density at radius 1 is 1.25 bits per heavy atom. The molecule has 0 unspecified atom stereocenters. The van der Waals surface area contributed by atoms with E-state index in [0.717, 1.165) is 60.9 Å². The lowest BCUT2D eigenvalue weighted by Gasteiger charge is -2.37. The van der Waals surface area contributed by atoms with Crippen LogP contribution in [0.5, 0.6) is 0 Å². The molecule has 148 valence electrons. The molecular formula is C20H25ClN6O. The lowest BCUT2D eigenvalue weighted by atomic mass is 9.96. The van der Waals surface area contributed by atoms with Crippen LogP contribution in [0, 0.1) is 0 Å². The van der Waals surface area contributed by atoms with Gasteiger partial charge in [0.1, 0.15) is 5.65 Å². The SMILES string of the molecule is Cn1cc(-c2[nH]c3nccc(N4CCN(COC5CCC5)CC4)c3c2Cl)cn1. The van der Waals surface area contributed by atoms with E-state index in [2.05, 4.69) is 30.9 Å².